The second kappa shape index (κ2) is 7.67. The Labute approximate surface area is 175 Å². The van der Waals surface area contributed by atoms with E-state index in [2.05, 4.69) is 17.6 Å². The molecular formula is C25H23N3O2. The summed E-state index contributed by atoms with van der Waals surface area (Å²) in [6.07, 6.45) is 0.821. The molecule has 0 saturated carbocycles. The largest absolute Gasteiger partial charge is 0.339 e. The van der Waals surface area contributed by atoms with Gasteiger partial charge in [-0.25, -0.2) is 9.80 Å². The summed E-state index contributed by atoms with van der Waals surface area (Å²) in [5, 5.41) is 1.53. The van der Waals surface area contributed by atoms with Crippen LogP contribution in [-0.4, -0.2) is 28.4 Å². The molecule has 0 spiro atoms. The molecule has 30 heavy (non-hydrogen) atoms. The molecule has 3 aromatic carbocycles. The highest BCUT2D eigenvalue weighted by Gasteiger charge is 2.46. The predicted octanol–water partition coefficient (Wildman–Crippen LogP) is 4.04. The molecule has 1 fully saturated rings. The van der Waals surface area contributed by atoms with Gasteiger partial charge in [0, 0.05) is 13.1 Å². The van der Waals surface area contributed by atoms with E-state index in [0.717, 1.165) is 17.5 Å². The second-order valence-electron chi connectivity index (χ2n) is 7.81. The molecule has 3 aromatic rings. The minimum atomic E-state index is -0.449. The monoisotopic (exact) mass is 397 g/mol. The van der Waals surface area contributed by atoms with E-state index in [4.69, 9.17) is 0 Å². The van der Waals surface area contributed by atoms with Crippen molar-refractivity contribution in [2.24, 2.45) is 0 Å². The van der Waals surface area contributed by atoms with E-state index in [0.29, 0.717) is 13.1 Å². The minimum absolute atomic E-state index is 0.152. The lowest BCUT2D eigenvalue weighted by molar-refractivity contribution is -0.121. The van der Waals surface area contributed by atoms with Gasteiger partial charge in [0.15, 0.2) is 0 Å². The molecule has 0 radical (unpaired) electrons. The Morgan fingerprint density at radius 3 is 2.10 bits per heavy atom. The smallest absolute Gasteiger partial charge is 0.319 e. The van der Waals surface area contributed by atoms with Gasteiger partial charge in [-0.2, -0.15) is 0 Å². The summed E-state index contributed by atoms with van der Waals surface area (Å²) in [7, 11) is 0. The summed E-state index contributed by atoms with van der Waals surface area (Å²) in [5.41, 5.74) is 7.17. The van der Waals surface area contributed by atoms with E-state index in [1.54, 1.807) is 0 Å². The summed E-state index contributed by atoms with van der Waals surface area (Å²) in [6.45, 7) is 1.19. The standard InChI is InChI=1S/C25H23N3O2/c29-24-22(19-10-3-1-4-11-19)23(20-12-5-2-6-13-20)28(26-24)25(30)27-16-15-18-9-7-8-14-21(18)17-27/h1-14,22-23H,15-17H2,(H,26,29). The number of amides is 3. The molecular weight excluding hydrogens is 374 g/mol. The Morgan fingerprint density at radius 1 is 0.800 bits per heavy atom. The molecule has 0 bridgehead atoms. The van der Waals surface area contributed by atoms with Crippen molar-refractivity contribution in [3.05, 3.63) is 107 Å². The van der Waals surface area contributed by atoms with Crippen LogP contribution in [0.1, 0.15) is 34.2 Å². The fourth-order valence-corrected chi connectivity index (χ4v) is 4.51. The first-order chi connectivity index (χ1) is 14.7. The van der Waals surface area contributed by atoms with Crippen molar-refractivity contribution in [3.8, 4) is 0 Å². The third-order valence-corrected chi connectivity index (χ3v) is 6.01. The number of benzene rings is 3. The molecule has 2 aliphatic heterocycles. The number of fused-ring (bicyclic) bond motifs is 1. The molecule has 5 heteroatoms. The number of carbonyl (C=O) groups is 2. The number of carbonyl (C=O) groups excluding carboxylic acids is 2. The van der Waals surface area contributed by atoms with Gasteiger partial charge in [0.05, 0.1) is 12.0 Å². The Balaban J connectivity index is 1.49. The number of nitrogens with zero attached hydrogens (tertiary/aromatic N) is 2. The quantitative estimate of drug-likeness (QED) is 0.710. The zero-order valence-electron chi connectivity index (χ0n) is 16.6. The Morgan fingerprint density at radius 2 is 1.40 bits per heavy atom. The van der Waals surface area contributed by atoms with Gasteiger partial charge in [0.25, 0.3) is 0 Å². The number of rotatable bonds is 2. The van der Waals surface area contributed by atoms with Crippen LogP contribution in [0.25, 0.3) is 0 Å². The maximum atomic E-state index is 13.6. The fourth-order valence-electron chi connectivity index (χ4n) is 4.51. The van der Waals surface area contributed by atoms with Crippen molar-refractivity contribution in [2.45, 2.75) is 24.9 Å². The fraction of sp³-hybridized carbons (Fsp3) is 0.200. The number of hydrogen-bond donors (Lipinski definition) is 1. The normalized spacial score (nSPS) is 20.6. The van der Waals surface area contributed by atoms with E-state index in [1.807, 2.05) is 77.7 Å². The Kier molecular flexibility index (Phi) is 4.71. The highest BCUT2D eigenvalue weighted by Crippen LogP contribution is 2.40. The van der Waals surface area contributed by atoms with E-state index in [1.165, 1.54) is 16.1 Å². The molecule has 0 aromatic heterocycles. The summed E-state index contributed by atoms with van der Waals surface area (Å²) in [5.74, 6) is -0.601. The van der Waals surface area contributed by atoms with Crippen LogP contribution >= 0.6 is 0 Å². The van der Waals surface area contributed by atoms with Gasteiger partial charge in [-0.3, -0.25) is 10.2 Å². The molecule has 5 nitrogen and oxygen atoms in total. The van der Waals surface area contributed by atoms with Gasteiger partial charge in [-0.15, -0.1) is 0 Å². The highest BCUT2D eigenvalue weighted by molar-refractivity contribution is 5.91. The molecule has 0 aliphatic carbocycles. The number of hydrazine groups is 1. The van der Waals surface area contributed by atoms with Crippen LogP contribution in [0.4, 0.5) is 4.79 Å². The van der Waals surface area contributed by atoms with Crippen LogP contribution in [0, 0.1) is 0 Å². The molecule has 1 N–H and O–H groups in total. The van der Waals surface area contributed by atoms with Crippen LogP contribution in [-0.2, 0) is 17.8 Å². The van der Waals surface area contributed by atoms with E-state index >= 15 is 0 Å². The number of nitrogens with one attached hydrogen (secondary N) is 1. The molecule has 3 amide bonds. The third-order valence-electron chi connectivity index (χ3n) is 6.01. The summed E-state index contributed by atoms with van der Waals surface area (Å²) in [4.78, 5) is 28.4. The molecule has 1 saturated heterocycles. The van der Waals surface area contributed by atoms with Crippen molar-refractivity contribution in [2.75, 3.05) is 6.54 Å². The summed E-state index contributed by atoms with van der Waals surface area (Å²) < 4.78 is 0. The van der Waals surface area contributed by atoms with E-state index in [-0.39, 0.29) is 11.9 Å². The minimum Gasteiger partial charge on any atom is -0.319 e. The number of urea groups is 1. The van der Waals surface area contributed by atoms with Crippen molar-refractivity contribution in [3.63, 3.8) is 0 Å². The second-order valence-corrected chi connectivity index (χ2v) is 7.81. The average Bonchev–Trinajstić information content (AvgIpc) is 3.16. The number of hydrogen-bond acceptors (Lipinski definition) is 2. The highest BCUT2D eigenvalue weighted by atomic mass is 16.2. The van der Waals surface area contributed by atoms with E-state index < -0.39 is 12.0 Å². The van der Waals surface area contributed by atoms with Gasteiger partial charge in [-0.05, 0) is 28.7 Å². The average molecular weight is 397 g/mol. The summed E-state index contributed by atoms with van der Waals surface area (Å²) >= 11 is 0. The van der Waals surface area contributed by atoms with Crippen molar-refractivity contribution in [1.29, 1.82) is 0 Å². The lowest BCUT2D eigenvalue weighted by Crippen LogP contribution is -2.49. The molecule has 5 rings (SSSR count). The van der Waals surface area contributed by atoms with Gasteiger partial charge in [0.2, 0.25) is 5.91 Å². The van der Waals surface area contributed by atoms with Crippen LogP contribution in [0.3, 0.4) is 0 Å². The van der Waals surface area contributed by atoms with Gasteiger partial charge >= 0.3 is 6.03 Å². The summed E-state index contributed by atoms with van der Waals surface area (Å²) in [6, 6.07) is 27.1. The molecule has 2 atom stereocenters. The van der Waals surface area contributed by atoms with Gasteiger partial charge in [-0.1, -0.05) is 84.9 Å². The van der Waals surface area contributed by atoms with Crippen molar-refractivity contribution < 1.29 is 9.59 Å². The first-order valence-electron chi connectivity index (χ1n) is 10.3. The van der Waals surface area contributed by atoms with Crippen LogP contribution in [0.15, 0.2) is 84.9 Å². The van der Waals surface area contributed by atoms with Crippen LogP contribution in [0.2, 0.25) is 0 Å². The first-order valence-corrected chi connectivity index (χ1v) is 10.3. The van der Waals surface area contributed by atoms with Crippen molar-refractivity contribution >= 4 is 11.9 Å². The van der Waals surface area contributed by atoms with E-state index in [9.17, 15) is 9.59 Å². The molecule has 2 unspecified atom stereocenters. The first kappa shape index (κ1) is 18.4. The lowest BCUT2D eigenvalue weighted by Gasteiger charge is -2.34. The van der Waals surface area contributed by atoms with Gasteiger partial charge in [0.1, 0.15) is 0 Å². The Bertz CT molecular complexity index is 1070. The zero-order chi connectivity index (χ0) is 20.5. The maximum absolute atomic E-state index is 13.6. The van der Waals surface area contributed by atoms with Crippen molar-refractivity contribution in [1.82, 2.24) is 15.3 Å². The predicted molar refractivity (Wildman–Crippen MR) is 114 cm³/mol. The topological polar surface area (TPSA) is 52.7 Å². The zero-order valence-corrected chi connectivity index (χ0v) is 16.6. The Hall–Kier alpha value is -3.60. The molecule has 150 valence electrons. The maximum Gasteiger partial charge on any atom is 0.339 e. The van der Waals surface area contributed by atoms with Crippen LogP contribution in [0.5, 0.6) is 0 Å². The third kappa shape index (κ3) is 3.22. The van der Waals surface area contributed by atoms with Gasteiger partial charge < -0.3 is 4.90 Å². The lowest BCUT2D eigenvalue weighted by atomic mass is 9.87. The van der Waals surface area contributed by atoms with Crippen LogP contribution < -0.4 is 5.43 Å². The molecule has 2 heterocycles. The SMILES string of the molecule is O=C1NN(C(=O)N2CCc3ccccc3C2)C(c2ccccc2)C1c1ccccc1. The molecule has 2 aliphatic rings.